The van der Waals surface area contributed by atoms with Crippen LogP contribution in [0.3, 0.4) is 0 Å². The highest BCUT2D eigenvalue weighted by Gasteiger charge is 2.02. The number of esters is 1. The van der Waals surface area contributed by atoms with E-state index in [0.29, 0.717) is 28.6 Å². The van der Waals surface area contributed by atoms with Gasteiger partial charge in [-0.3, -0.25) is 0 Å². The van der Waals surface area contributed by atoms with Crippen LogP contribution in [0.5, 0.6) is 0 Å². The van der Waals surface area contributed by atoms with E-state index in [0.717, 1.165) is 0 Å². The maximum absolute atomic E-state index is 11.1. The van der Waals surface area contributed by atoms with Crippen molar-refractivity contribution in [3.05, 3.63) is 28.8 Å². The second-order valence-corrected chi connectivity index (χ2v) is 3.50. The molecule has 0 unspecified atom stereocenters. The molecular weight excluding hydrogens is 228 g/mol. The molecule has 0 aromatic heterocycles. The van der Waals surface area contributed by atoms with E-state index in [-0.39, 0.29) is 0 Å². The fraction of sp³-hybridized carbons (Fsp3) is 0.182. The summed E-state index contributed by atoms with van der Waals surface area (Å²) in [6, 6.07) is 3.15. The maximum Gasteiger partial charge on any atom is 0.330 e. The summed E-state index contributed by atoms with van der Waals surface area (Å²) in [5, 5.41) is 0.437. The zero-order valence-electron chi connectivity index (χ0n) is 8.87. The van der Waals surface area contributed by atoms with Crippen molar-refractivity contribution in [2.45, 2.75) is 6.92 Å². The van der Waals surface area contributed by atoms with Crippen molar-refractivity contribution in [2.75, 3.05) is 18.1 Å². The van der Waals surface area contributed by atoms with Crippen LogP contribution in [-0.2, 0) is 9.53 Å². The van der Waals surface area contributed by atoms with Crippen LogP contribution in [0.4, 0.5) is 11.4 Å². The second-order valence-electron chi connectivity index (χ2n) is 3.09. The Bertz CT molecular complexity index is 430. The molecule has 0 atom stereocenters. The summed E-state index contributed by atoms with van der Waals surface area (Å²) in [4.78, 5) is 11.1. The molecule has 0 saturated heterocycles. The summed E-state index contributed by atoms with van der Waals surface area (Å²) in [7, 11) is 0. The van der Waals surface area contributed by atoms with E-state index in [1.54, 1.807) is 19.1 Å². The van der Waals surface area contributed by atoms with Gasteiger partial charge in [0.25, 0.3) is 0 Å². The minimum Gasteiger partial charge on any atom is -0.463 e. The fourth-order valence-corrected chi connectivity index (χ4v) is 1.33. The van der Waals surface area contributed by atoms with Gasteiger partial charge in [-0.2, -0.15) is 0 Å². The molecule has 0 aliphatic rings. The predicted molar refractivity (Wildman–Crippen MR) is 65.9 cm³/mol. The van der Waals surface area contributed by atoms with E-state index < -0.39 is 5.97 Å². The van der Waals surface area contributed by atoms with E-state index in [1.165, 1.54) is 12.2 Å². The predicted octanol–water partition coefficient (Wildman–Crippen LogP) is 2.08. The molecule has 1 rings (SSSR count). The average molecular weight is 241 g/mol. The molecule has 0 aliphatic carbocycles. The molecule has 0 radical (unpaired) electrons. The van der Waals surface area contributed by atoms with Gasteiger partial charge in [0.15, 0.2) is 0 Å². The number of halogens is 1. The number of hydrogen-bond donors (Lipinski definition) is 2. The lowest BCUT2D eigenvalue weighted by Gasteiger charge is -2.04. The third-order valence-corrected chi connectivity index (χ3v) is 2.22. The third-order valence-electron chi connectivity index (χ3n) is 1.89. The molecule has 16 heavy (non-hydrogen) atoms. The Morgan fingerprint density at radius 2 is 2.06 bits per heavy atom. The van der Waals surface area contributed by atoms with Gasteiger partial charge in [-0.1, -0.05) is 11.6 Å². The minimum atomic E-state index is -0.422. The van der Waals surface area contributed by atoms with Gasteiger partial charge in [-0.25, -0.2) is 4.79 Å². The SMILES string of the molecule is CCOC(=O)/C=C/c1cc(N)c(N)cc1Cl. The van der Waals surface area contributed by atoms with Gasteiger partial charge in [0.1, 0.15) is 0 Å². The van der Waals surface area contributed by atoms with Gasteiger partial charge in [0.2, 0.25) is 0 Å². The van der Waals surface area contributed by atoms with Crippen LogP contribution in [0, 0.1) is 0 Å². The number of rotatable bonds is 3. The molecule has 0 amide bonds. The molecule has 1 aromatic carbocycles. The number of carbonyl (C=O) groups excluding carboxylic acids is 1. The normalized spacial score (nSPS) is 10.6. The van der Waals surface area contributed by atoms with Gasteiger partial charge >= 0.3 is 5.97 Å². The number of anilines is 2. The Balaban J connectivity index is 2.89. The van der Waals surface area contributed by atoms with Crippen molar-refractivity contribution < 1.29 is 9.53 Å². The second kappa shape index (κ2) is 5.42. The molecule has 0 fully saturated rings. The molecular formula is C11H13ClN2O2. The highest BCUT2D eigenvalue weighted by molar-refractivity contribution is 6.32. The topological polar surface area (TPSA) is 78.3 Å². The Morgan fingerprint density at radius 1 is 1.44 bits per heavy atom. The van der Waals surface area contributed by atoms with E-state index >= 15 is 0 Å². The molecule has 0 saturated carbocycles. The summed E-state index contributed by atoms with van der Waals surface area (Å²) >= 11 is 5.92. The van der Waals surface area contributed by atoms with Crippen LogP contribution in [0.2, 0.25) is 5.02 Å². The van der Waals surface area contributed by atoms with Gasteiger partial charge in [-0.15, -0.1) is 0 Å². The van der Waals surface area contributed by atoms with E-state index in [4.69, 9.17) is 27.8 Å². The quantitative estimate of drug-likeness (QED) is 0.482. The summed E-state index contributed by atoms with van der Waals surface area (Å²) < 4.78 is 4.73. The Kier molecular flexibility index (Phi) is 4.19. The first-order valence-corrected chi connectivity index (χ1v) is 5.11. The number of hydrogen-bond acceptors (Lipinski definition) is 4. The lowest BCUT2D eigenvalue weighted by Crippen LogP contribution is -1.99. The van der Waals surface area contributed by atoms with Crippen LogP contribution < -0.4 is 11.5 Å². The van der Waals surface area contributed by atoms with E-state index in [1.807, 2.05) is 0 Å². The van der Waals surface area contributed by atoms with Crippen molar-refractivity contribution in [3.8, 4) is 0 Å². The standard InChI is InChI=1S/C11H13ClN2O2/c1-2-16-11(15)4-3-7-5-9(13)10(14)6-8(7)12/h3-6H,2,13-14H2,1H3/b4-3+. The number of benzene rings is 1. The molecule has 0 bridgehead atoms. The van der Waals surface area contributed by atoms with Crippen LogP contribution >= 0.6 is 11.6 Å². The molecule has 4 nitrogen and oxygen atoms in total. The van der Waals surface area contributed by atoms with Crippen LogP contribution in [-0.4, -0.2) is 12.6 Å². The zero-order valence-corrected chi connectivity index (χ0v) is 9.62. The lowest BCUT2D eigenvalue weighted by atomic mass is 10.1. The first-order chi connectivity index (χ1) is 7.54. The van der Waals surface area contributed by atoms with E-state index in [2.05, 4.69) is 0 Å². The van der Waals surface area contributed by atoms with Crippen LogP contribution in [0.15, 0.2) is 18.2 Å². The minimum absolute atomic E-state index is 0.334. The first-order valence-electron chi connectivity index (χ1n) is 4.74. The molecule has 0 spiro atoms. The Hall–Kier alpha value is -1.68. The molecule has 86 valence electrons. The van der Waals surface area contributed by atoms with Crippen molar-refractivity contribution in [1.29, 1.82) is 0 Å². The maximum atomic E-state index is 11.1. The lowest BCUT2D eigenvalue weighted by molar-refractivity contribution is -0.137. The highest BCUT2D eigenvalue weighted by atomic mass is 35.5. The van der Waals surface area contributed by atoms with Gasteiger partial charge in [-0.05, 0) is 30.7 Å². The molecule has 0 heterocycles. The summed E-state index contributed by atoms with van der Waals surface area (Å²) in [5.41, 5.74) is 12.7. The highest BCUT2D eigenvalue weighted by Crippen LogP contribution is 2.25. The number of nitrogen functional groups attached to an aromatic ring is 2. The van der Waals surface area contributed by atoms with Crippen LogP contribution in [0.25, 0.3) is 6.08 Å². The van der Waals surface area contributed by atoms with Crippen LogP contribution in [0.1, 0.15) is 12.5 Å². The van der Waals surface area contributed by atoms with E-state index in [9.17, 15) is 4.79 Å². The monoisotopic (exact) mass is 240 g/mol. The summed E-state index contributed by atoms with van der Waals surface area (Å²) in [6.45, 7) is 2.07. The summed E-state index contributed by atoms with van der Waals surface area (Å²) in [6.07, 6.45) is 2.83. The summed E-state index contributed by atoms with van der Waals surface area (Å²) in [5.74, 6) is -0.422. The zero-order chi connectivity index (χ0) is 12.1. The molecule has 4 N–H and O–H groups in total. The smallest absolute Gasteiger partial charge is 0.330 e. The first kappa shape index (κ1) is 12.4. The van der Waals surface area contributed by atoms with Crippen molar-refractivity contribution in [3.63, 3.8) is 0 Å². The fourth-order valence-electron chi connectivity index (χ4n) is 1.10. The largest absolute Gasteiger partial charge is 0.463 e. The van der Waals surface area contributed by atoms with Crippen molar-refractivity contribution in [2.24, 2.45) is 0 Å². The average Bonchev–Trinajstić information content (AvgIpc) is 2.22. The van der Waals surface area contributed by atoms with Gasteiger partial charge in [0.05, 0.1) is 18.0 Å². The molecule has 1 aromatic rings. The number of carbonyl (C=O) groups is 1. The van der Waals surface area contributed by atoms with Crippen molar-refractivity contribution >= 4 is 35.0 Å². The van der Waals surface area contributed by atoms with Gasteiger partial charge < -0.3 is 16.2 Å². The third kappa shape index (κ3) is 3.17. The van der Waals surface area contributed by atoms with Gasteiger partial charge in [0, 0.05) is 11.1 Å². The molecule has 0 aliphatic heterocycles. The van der Waals surface area contributed by atoms with Crippen molar-refractivity contribution in [1.82, 2.24) is 0 Å². The number of ether oxygens (including phenoxy) is 1. The number of nitrogens with two attached hydrogens (primary N) is 2. The Labute approximate surface area is 98.8 Å². The Morgan fingerprint density at radius 3 is 2.69 bits per heavy atom. The molecule has 5 heteroatoms.